The number of benzene rings is 1. The van der Waals surface area contributed by atoms with Crippen molar-refractivity contribution in [3.8, 4) is 0 Å². The molecule has 0 amide bonds. The summed E-state index contributed by atoms with van der Waals surface area (Å²) >= 11 is 0. The summed E-state index contributed by atoms with van der Waals surface area (Å²) in [5.41, 5.74) is 1.49. The monoisotopic (exact) mass is 245 g/mol. The highest BCUT2D eigenvalue weighted by Gasteiger charge is 2.34. The van der Waals surface area contributed by atoms with Gasteiger partial charge in [0, 0.05) is 19.2 Å². The molecule has 3 atom stereocenters. The molecule has 1 aromatic rings. The van der Waals surface area contributed by atoms with Crippen molar-refractivity contribution < 1.29 is 4.74 Å². The lowest BCUT2D eigenvalue weighted by Crippen LogP contribution is -2.38. The molecular weight excluding hydrogens is 222 g/mol. The lowest BCUT2D eigenvalue weighted by molar-refractivity contribution is 0.0818. The van der Waals surface area contributed by atoms with Gasteiger partial charge in [-0.1, -0.05) is 30.3 Å². The van der Waals surface area contributed by atoms with E-state index in [1.807, 2.05) is 0 Å². The van der Waals surface area contributed by atoms with E-state index in [4.69, 9.17) is 4.74 Å². The first kappa shape index (κ1) is 12.2. The second kappa shape index (κ2) is 5.41. The van der Waals surface area contributed by atoms with Gasteiger partial charge in [0.1, 0.15) is 0 Å². The first-order chi connectivity index (χ1) is 8.83. The predicted molar refractivity (Wildman–Crippen MR) is 73.6 cm³/mol. The maximum Gasteiger partial charge on any atom is 0.0703 e. The Hall–Kier alpha value is -0.860. The van der Waals surface area contributed by atoms with Crippen LogP contribution in [0.1, 0.15) is 25.3 Å². The number of hydrogen-bond donors (Lipinski definition) is 0. The molecule has 2 aliphatic heterocycles. The van der Waals surface area contributed by atoms with Crippen LogP contribution in [0.3, 0.4) is 0 Å². The van der Waals surface area contributed by atoms with E-state index in [0.29, 0.717) is 12.1 Å². The highest BCUT2D eigenvalue weighted by Crippen LogP contribution is 2.27. The molecule has 1 aromatic carbocycles. The average Bonchev–Trinajstić information content (AvgIpc) is 2.99. The van der Waals surface area contributed by atoms with Crippen molar-refractivity contribution in [2.45, 2.75) is 38.3 Å². The van der Waals surface area contributed by atoms with Gasteiger partial charge in [0.05, 0.1) is 6.10 Å². The van der Waals surface area contributed by atoms with E-state index in [0.717, 1.165) is 12.5 Å². The van der Waals surface area contributed by atoms with Gasteiger partial charge in [0.25, 0.3) is 0 Å². The zero-order valence-electron chi connectivity index (χ0n) is 11.2. The van der Waals surface area contributed by atoms with Crippen molar-refractivity contribution in [3.63, 3.8) is 0 Å². The van der Waals surface area contributed by atoms with Gasteiger partial charge in [-0.2, -0.15) is 0 Å². The fourth-order valence-corrected chi connectivity index (χ4v) is 3.48. The standard InChI is InChI=1S/C16H23NO/c1-13-16(8-10-18-13)17-9-7-15(12-17)11-14-5-3-2-4-6-14/h2-6,13,15-16H,7-12H2,1H3. The third kappa shape index (κ3) is 2.60. The average molecular weight is 245 g/mol. The van der Waals surface area contributed by atoms with E-state index in [2.05, 4.69) is 42.2 Å². The van der Waals surface area contributed by atoms with Crippen molar-refractivity contribution in [3.05, 3.63) is 35.9 Å². The fourth-order valence-electron chi connectivity index (χ4n) is 3.48. The molecule has 0 aliphatic carbocycles. The van der Waals surface area contributed by atoms with Crippen molar-refractivity contribution in [2.75, 3.05) is 19.7 Å². The topological polar surface area (TPSA) is 12.5 Å². The highest BCUT2D eigenvalue weighted by molar-refractivity contribution is 5.15. The Morgan fingerprint density at radius 2 is 2.06 bits per heavy atom. The van der Waals surface area contributed by atoms with Crippen LogP contribution in [0.25, 0.3) is 0 Å². The molecule has 98 valence electrons. The van der Waals surface area contributed by atoms with Crippen LogP contribution in [0, 0.1) is 5.92 Å². The van der Waals surface area contributed by atoms with Gasteiger partial charge in [0.15, 0.2) is 0 Å². The molecule has 0 spiro atoms. The lowest BCUT2D eigenvalue weighted by atomic mass is 9.99. The third-order valence-corrected chi connectivity index (χ3v) is 4.49. The van der Waals surface area contributed by atoms with E-state index in [1.54, 1.807) is 0 Å². The number of hydrogen-bond acceptors (Lipinski definition) is 2. The Morgan fingerprint density at radius 1 is 1.22 bits per heavy atom. The maximum atomic E-state index is 5.69. The molecular formula is C16H23NO. The molecule has 18 heavy (non-hydrogen) atoms. The van der Waals surface area contributed by atoms with Crippen molar-refractivity contribution in [1.29, 1.82) is 0 Å². The van der Waals surface area contributed by atoms with Gasteiger partial charge < -0.3 is 4.74 Å². The van der Waals surface area contributed by atoms with Gasteiger partial charge >= 0.3 is 0 Å². The number of nitrogens with zero attached hydrogens (tertiary/aromatic N) is 1. The second-order valence-electron chi connectivity index (χ2n) is 5.77. The number of likely N-dealkylation sites (tertiary alicyclic amines) is 1. The second-order valence-corrected chi connectivity index (χ2v) is 5.77. The van der Waals surface area contributed by atoms with Crippen LogP contribution in [0.4, 0.5) is 0 Å². The Balaban J connectivity index is 1.55. The summed E-state index contributed by atoms with van der Waals surface area (Å²) < 4.78 is 5.69. The largest absolute Gasteiger partial charge is 0.377 e. The first-order valence-corrected chi connectivity index (χ1v) is 7.22. The molecule has 2 fully saturated rings. The van der Waals surface area contributed by atoms with Gasteiger partial charge in [-0.25, -0.2) is 0 Å². The van der Waals surface area contributed by atoms with E-state index in [-0.39, 0.29) is 0 Å². The van der Waals surface area contributed by atoms with Crippen LogP contribution >= 0.6 is 0 Å². The summed E-state index contributed by atoms with van der Waals surface area (Å²) in [7, 11) is 0. The summed E-state index contributed by atoms with van der Waals surface area (Å²) in [4.78, 5) is 2.66. The zero-order chi connectivity index (χ0) is 12.4. The smallest absolute Gasteiger partial charge is 0.0703 e. The SMILES string of the molecule is CC1OCCC1N1CCC(Cc2ccccc2)C1. The van der Waals surface area contributed by atoms with Crippen LogP contribution < -0.4 is 0 Å². The van der Waals surface area contributed by atoms with E-state index < -0.39 is 0 Å². The van der Waals surface area contributed by atoms with Gasteiger partial charge in [0.2, 0.25) is 0 Å². The summed E-state index contributed by atoms with van der Waals surface area (Å²) in [5, 5.41) is 0. The minimum absolute atomic E-state index is 0.431. The quantitative estimate of drug-likeness (QED) is 0.812. The molecule has 2 heterocycles. The molecule has 2 aliphatic rings. The molecule has 0 N–H and O–H groups in total. The maximum absolute atomic E-state index is 5.69. The van der Waals surface area contributed by atoms with Gasteiger partial charge in [-0.05, 0) is 44.2 Å². The summed E-state index contributed by atoms with van der Waals surface area (Å²) in [6.07, 6.45) is 4.23. The van der Waals surface area contributed by atoms with Crippen LogP contribution in [0.15, 0.2) is 30.3 Å². The molecule has 0 aromatic heterocycles. The summed E-state index contributed by atoms with van der Waals surface area (Å²) in [6.45, 7) is 5.69. The van der Waals surface area contributed by atoms with Crippen molar-refractivity contribution in [1.82, 2.24) is 4.90 Å². The normalized spacial score (nSPS) is 33.1. The minimum Gasteiger partial charge on any atom is -0.377 e. The Labute approximate surface area is 110 Å². The van der Waals surface area contributed by atoms with E-state index in [1.165, 1.54) is 37.9 Å². The Kier molecular flexibility index (Phi) is 3.67. The summed E-state index contributed by atoms with van der Waals surface area (Å²) in [5.74, 6) is 0.834. The number of ether oxygens (including phenoxy) is 1. The molecule has 2 saturated heterocycles. The van der Waals surface area contributed by atoms with Crippen LogP contribution in [-0.2, 0) is 11.2 Å². The molecule has 0 bridgehead atoms. The first-order valence-electron chi connectivity index (χ1n) is 7.22. The predicted octanol–water partition coefficient (Wildman–Crippen LogP) is 2.73. The molecule has 0 radical (unpaired) electrons. The lowest BCUT2D eigenvalue weighted by Gasteiger charge is -2.26. The van der Waals surface area contributed by atoms with E-state index >= 15 is 0 Å². The fraction of sp³-hybridized carbons (Fsp3) is 0.625. The molecule has 3 unspecified atom stereocenters. The van der Waals surface area contributed by atoms with Crippen molar-refractivity contribution >= 4 is 0 Å². The molecule has 2 nitrogen and oxygen atoms in total. The Morgan fingerprint density at radius 3 is 2.78 bits per heavy atom. The van der Waals surface area contributed by atoms with Crippen LogP contribution in [0.2, 0.25) is 0 Å². The van der Waals surface area contributed by atoms with Crippen LogP contribution in [0.5, 0.6) is 0 Å². The van der Waals surface area contributed by atoms with E-state index in [9.17, 15) is 0 Å². The number of rotatable bonds is 3. The summed E-state index contributed by atoms with van der Waals surface area (Å²) in [6, 6.07) is 11.6. The highest BCUT2D eigenvalue weighted by atomic mass is 16.5. The van der Waals surface area contributed by atoms with Gasteiger partial charge in [-0.15, -0.1) is 0 Å². The van der Waals surface area contributed by atoms with Crippen LogP contribution in [-0.4, -0.2) is 36.7 Å². The van der Waals surface area contributed by atoms with Gasteiger partial charge in [-0.3, -0.25) is 4.90 Å². The Bertz CT molecular complexity index is 378. The molecule has 2 heteroatoms. The molecule has 3 rings (SSSR count). The minimum atomic E-state index is 0.431. The molecule has 0 saturated carbocycles. The third-order valence-electron chi connectivity index (χ3n) is 4.49. The zero-order valence-corrected chi connectivity index (χ0v) is 11.2. The van der Waals surface area contributed by atoms with Crippen molar-refractivity contribution in [2.24, 2.45) is 5.92 Å².